The molecule has 0 aliphatic heterocycles. The van der Waals surface area contributed by atoms with Gasteiger partial charge in [-0.25, -0.2) is 0 Å². The molecular formula is C52H35NS. The van der Waals surface area contributed by atoms with Crippen molar-refractivity contribution in [2.24, 2.45) is 0 Å². The fraction of sp³-hybridized carbons (Fsp3) is 0. The first kappa shape index (κ1) is 32.0. The van der Waals surface area contributed by atoms with Crippen LogP contribution in [0.2, 0.25) is 0 Å². The molecule has 0 spiro atoms. The molecule has 0 saturated carbocycles. The maximum absolute atomic E-state index is 2.39. The van der Waals surface area contributed by atoms with Gasteiger partial charge in [-0.3, -0.25) is 0 Å². The van der Waals surface area contributed by atoms with E-state index in [0.717, 1.165) is 17.1 Å². The lowest BCUT2D eigenvalue weighted by Crippen LogP contribution is -2.09. The fourth-order valence-electron chi connectivity index (χ4n) is 7.86. The Hall–Kier alpha value is -6.74. The molecule has 0 unspecified atom stereocenters. The lowest BCUT2D eigenvalue weighted by atomic mass is 9.91. The molecule has 0 aliphatic carbocycles. The minimum Gasteiger partial charge on any atom is -0.310 e. The number of rotatable bonds is 7. The average Bonchev–Trinajstić information content (AvgIpc) is 3.63. The van der Waals surface area contributed by atoms with Gasteiger partial charge >= 0.3 is 0 Å². The molecule has 0 aliphatic rings. The molecule has 0 N–H and O–H groups in total. The van der Waals surface area contributed by atoms with E-state index in [-0.39, 0.29) is 0 Å². The van der Waals surface area contributed by atoms with Crippen molar-refractivity contribution in [3.63, 3.8) is 0 Å². The second-order valence-corrected chi connectivity index (χ2v) is 14.8. The third-order valence-electron chi connectivity index (χ3n) is 10.4. The SMILES string of the molecule is c1ccc(-c2cc(-c3ccccc3)cc(-c3cccc4sc5ccc(N(c6ccccc6)c6ccc(-c7cccc8ccccc78)cc6)cc5c34)c2)cc1. The molecule has 10 rings (SSSR count). The number of hydrogen-bond donors (Lipinski definition) is 0. The Balaban J connectivity index is 1.13. The number of hydrogen-bond acceptors (Lipinski definition) is 2. The summed E-state index contributed by atoms with van der Waals surface area (Å²) in [5.41, 5.74) is 13.1. The van der Waals surface area contributed by atoms with Crippen molar-refractivity contribution in [2.75, 3.05) is 4.90 Å². The molecule has 0 radical (unpaired) electrons. The normalized spacial score (nSPS) is 11.3. The van der Waals surface area contributed by atoms with E-state index in [0.29, 0.717) is 0 Å². The van der Waals surface area contributed by atoms with Crippen molar-refractivity contribution in [1.29, 1.82) is 0 Å². The van der Waals surface area contributed by atoms with Gasteiger partial charge in [-0.15, -0.1) is 11.3 Å². The summed E-state index contributed by atoms with van der Waals surface area (Å²) >= 11 is 1.87. The first-order valence-corrected chi connectivity index (χ1v) is 19.2. The van der Waals surface area contributed by atoms with Crippen molar-refractivity contribution in [3.8, 4) is 44.5 Å². The molecule has 254 valence electrons. The Morgan fingerprint density at radius 3 is 1.57 bits per heavy atom. The van der Waals surface area contributed by atoms with Gasteiger partial charge < -0.3 is 4.90 Å². The number of thiophene rings is 1. The van der Waals surface area contributed by atoms with Crippen molar-refractivity contribution in [3.05, 3.63) is 212 Å². The highest BCUT2D eigenvalue weighted by molar-refractivity contribution is 7.26. The molecule has 10 aromatic rings. The van der Waals surface area contributed by atoms with E-state index in [1.807, 2.05) is 11.3 Å². The van der Waals surface area contributed by atoms with Crippen LogP contribution in [0.15, 0.2) is 212 Å². The van der Waals surface area contributed by atoms with Crippen LogP contribution in [0.4, 0.5) is 17.1 Å². The predicted octanol–water partition coefficient (Wildman–Crippen LogP) is 15.3. The van der Waals surface area contributed by atoms with E-state index < -0.39 is 0 Å². The van der Waals surface area contributed by atoms with Gasteiger partial charge in [0.25, 0.3) is 0 Å². The van der Waals surface area contributed by atoms with Crippen molar-refractivity contribution in [1.82, 2.24) is 0 Å². The third-order valence-corrected chi connectivity index (χ3v) is 11.6. The van der Waals surface area contributed by atoms with Gasteiger partial charge in [0.1, 0.15) is 0 Å². The molecule has 1 heterocycles. The number of anilines is 3. The predicted molar refractivity (Wildman–Crippen MR) is 233 cm³/mol. The van der Waals surface area contributed by atoms with Crippen LogP contribution in [-0.2, 0) is 0 Å². The Kier molecular flexibility index (Phi) is 8.09. The zero-order valence-corrected chi connectivity index (χ0v) is 30.4. The molecule has 9 aromatic carbocycles. The van der Waals surface area contributed by atoms with Crippen LogP contribution in [-0.4, -0.2) is 0 Å². The van der Waals surface area contributed by atoms with E-state index >= 15 is 0 Å². The van der Waals surface area contributed by atoms with Crippen molar-refractivity contribution < 1.29 is 0 Å². The molecule has 1 nitrogen and oxygen atoms in total. The van der Waals surface area contributed by atoms with Crippen LogP contribution in [0.5, 0.6) is 0 Å². The second kappa shape index (κ2) is 13.7. The van der Waals surface area contributed by atoms with Gasteiger partial charge in [0.05, 0.1) is 0 Å². The van der Waals surface area contributed by atoms with Crippen LogP contribution in [0.25, 0.3) is 75.5 Å². The standard InChI is InChI=1S/C52H35NS/c1-4-14-36(15-5-1)40-32-41(37-16-6-2-7-17-37)34-42(33-40)48-24-13-25-51-52(48)49-35-45(30-31-50(49)54-51)53(43-20-8-3-9-21-43)44-28-26-39(27-29-44)47-23-12-19-38-18-10-11-22-46(38)47/h1-35H. The zero-order valence-electron chi connectivity index (χ0n) is 29.6. The maximum Gasteiger partial charge on any atom is 0.0468 e. The van der Waals surface area contributed by atoms with Gasteiger partial charge in [-0.2, -0.15) is 0 Å². The fourth-order valence-corrected chi connectivity index (χ4v) is 8.98. The van der Waals surface area contributed by atoms with Gasteiger partial charge in [0.2, 0.25) is 0 Å². The van der Waals surface area contributed by atoms with Gasteiger partial charge in [-0.05, 0) is 122 Å². The zero-order chi connectivity index (χ0) is 35.8. The summed E-state index contributed by atoms with van der Waals surface area (Å²) in [5, 5.41) is 5.08. The molecular weight excluding hydrogens is 671 g/mol. The third kappa shape index (κ3) is 5.84. The highest BCUT2D eigenvalue weighted by atomic mass is 32.1. The Morgan fingerprint density at radius 2 is 0.852 bits per heavy atom. The number of para-hydroxylation sites is 1. The monoisotopic (exact) mass is 705 g/mol. The Morgan fingerprint density at radius 1 is 0.296 bits per heavy atom. The minimum atomic E-state index is 1.12. The summed E-state index contributed by atoms with van der Waals surface area (Å²) in [6.07, 6.45) is 0. The van der Waals surface area contributed by atoms with E-state index in [2.05, 4.69) is 217 Å². The van der Waals surface area contributed by atoms with Crippen LogP contribution in [0, 0.1) is 0 Å². The summed E-state index contributed by atoms with van der Waals surface area (Å²) in [5.74, 6) is 0. The molecule has 54 heavy (non-hydrogen) atoms. The van der Waals surface area contributed by atoms with E-state index in [1.165, 1.54) is 75.5 Å². The van der Waals surface area contributed by atoms with Gasteiger partial charge in [0, 0.05) is 37.2 Å². The van der Waals surface area contributed by atoms with Crippen LogP contribution < -0.4 is 4.90 Å². The lowest BCUT2D eigenvalue weighted by Gasteiger charge is -2.26. The van der Waals surface area contributed by atoms with E-state index in [1.54, 1.807) is 0 Å². The minimum absolute atomic E-state index is 1.12. The van der Waals surface area contributed by atoms with Crippen molar-refractivity contribution in [2.45, 2.75) is 0 Å². The number of fused-ring (bicyclic) bond motifs is 4. The summed E-state index contributed by atoms with van der Waals surface area (Å²) in [6, 6.07) is 77.1. The molecule has 1 aromatic heterocycles. The molecule has 2 heteroatoms. The van der Waals surface area contributed by atoms with E-state index in [9.17, 15) is 0 Å². The van der Waals surface area contributed by atoms with Crippen LogP contribution in [0.3, 0.4) is 0 Å². The largest absolute Gasteiger partial charge is 0.310 e. The van der Waals surface area contributed by atoms with Gasteiger partial charge in [-0.1, -0.05) is 146 Å². The highest BCUT2D eigenvalue weighted by Gasteiger charge is 2.18. The summed E-state index contributed by atoms with van der Waals surface area (Å²) in [6.45, 7) is 0. The maximum atomic E-state index is 2.39. The lowest BCUT2D eigenvalue weighted by molar-refractivity contribution is 1.29. The first-order chi connectivity index (χ1) is 26.8. The molecule has 0 atom stereocenters. The first-order valence-electron chi connectivity index (χ1n) is 18.4. The van der Waals surface area contributed by atoms with Gasteiger partial charge in [0.15, 0.2) is 0 Å². The Bertz CT molecular complexity index is 2850. The molecule has 0 fully saturated rings. The van der Waals surface area contributed by atoms with Crippen molar-refractivity contribution >= 4 is 59.3 Å². The highest BCUT2D eigenvalue weighted by Crippen LogP contribution is 2.45. The van der Waals surface area contributed by atoms with E-state index in [4.69, 9.17) is 0 Å². The second-order valence-electron chi connectivity index (χ2n) is 13.7. The number of nitrogens with zero attached hydrogens (tertiary/aromatic N) is 1. The summed E-state index contributed by atoms with van der Waals surface area (Å²) < 4.78 is 2.57. The summed E-state index contributed by atoms with van der Waals surface area (Å²) in [7, 11) is 0. The smallest absolute Gasteiger partial charge is 0.0468 e. The average molecular weight is 706 g/mol. The quantitative estimate of drug-likeness (QED) is 0.160. The van der Waals surface area contributed by atoms with Crippen LogP contribution >= 0.6 is 11.3 Å². The van der Waals surface area contributed by atoms with Crippen LogP contribution in [0.1, 0.15) is 0 Å². The molecule has 0 bridgehead atoms. The number of benzene rings is 9. The molecule has 0 saturated heterocycles. The topological polar surface area (TPSA) is 3.24 Å². The molecule has 0 amide bonds. The Labute approximate surface area is 319 Å². The summed E-state index contributed by atoms with van der Waals surface area (Å²) in [4.78, 5) is 2.38.